The van der Waals surface area contributed by atoms with Crippen LogP contribution in [-0.2, 0) is 0 Å². The smallest absolute Gasteiger partial charge is 0.160 e. The molecule has 0 unspecified atom stereocenters. The minimum absolute atomic E-state index is 0.216. The van der Waals surface area contributed by atoms with E-state index in [1.165, 1.54) is 17.4 Å². The first kappa shape index (κ1) is 8.38. The van der Waals surface area contributed by atoms with Gasteiger partial charge in [-0.2, -0.15) is 0 Å². The summed E-state index contributed by atoms with van der Waals surface area (Å²) < 4.78 is 13.9. The van der Waals surface area contributed by atoms with Crippen LogP contribution in [-0.4, -0.2) is 6.29 Å². The van der Waals surface area contributed by atoms with Gasteiger partial charge in [0, 0.05) is 10.3 Å². The molecule has 1 nitrogen and oxygen atoms in total. The van der Waals surface area contributed by atoms with Crippen LogP contribution in [0.3, 0.4) is 0 Å². The first-order valence-electron chi connectivity index (χ1n) is 3.86. The standard InChI is InChI=1S/C10H7FOS/c1-6-9(11)3-2-7-4-8(5-12)13-10(6)7/h2-5H,1H3. The lowest BCUT2D eigenvalue weighted by Gasteiger charge is -1.95. The van der Waals surface area contributed by atoms with E-state index in [-0.39, 0.29) is 5.82 Å². The minimum Gasteiger partial charge on any atom is -0.297 e. The third-order valence-corrected chi connectivity index (χ3v) is 3.20. The fourth-order valence-electron chi connectivity index (χ4n) is 1.30. The van der Waals surface area contributed by atoms with Crippen molar-refractivity contribution in [3.63, 3.8) is 0 Å². The highest BCUT2D eigenvalue weighted by Crippen LogP contribution is 2.28. The van der Waals surface area contributed by atoms with Crippen molar-refractivity contribution in [1.82, 2.24) is 0 Å². The Kier molecular flexibility index (Phi) is 1.88. The molecule has 66 valence electrons. The molecule has 0 atom stereocenters. The molecule has 0 spiro atoms. The number of carbonyl (C=O) groups excluding carboxylic acids is 1. The maximum Gasteiger partial charge on any atom is 0.160 e. The third kappa shape index (κ3) is 1.25. The van der Waals surface area contributed by atoms with E-state index in [1.807, 2.05) is 0 Å². The molecule has 0 bridgehead atoms. The number of fused-ring (bicyclic) bond motifs is 1. The van der Waals surface area contributed by atoms with Crippen LogP contribution in [0.25, 0.3) is 10.1 Å². The van der Waals surface area contributed by atoms with Crippen molar-refractivity contribution in [3.05, 3.63) is 34.5 Å². The van der Waals surface area contributed by atoms with Crippen molar-refractivity contribution in [1.29, 1.82) is 0 Å². The van der Waals surface area contributed by atoms with Crippen LogP contribution < -0.4 is 0 Å². The highest BCUT2D eigenvalue weighted by molar-refractivity contribution is 7.20. The molecular formula is C10H7FOS. The quantitative estimate of drug-likeness (QED) is 0.637. The first-order chi connectivity index (χ1) is 6.22. The lowest BCUT2D eigenvalue weighted by molar-refractivity contribution is 0.112. The molecule has 1 heterocycles. The number of rotatable bonds is 1. The van der Waals surface area contributed by atoms with Gasteiger partial charge in [0.25, 0.3) is 0 Å². The van der Waals surface area contributed by atoms with Gasteiger partial charge in [-0.1, -0.05) is 6.07 Å². The molecule has 0 amide bonds. The van der Waals surface area contributed by atoms with E-state index >= 15 is 0 Å². The fraction of sp³-hybridized carbons (Fsp3) is 0.100. The average molecular weight is 194 g/mol. The van der Waals surface area contributed by atoms with Crippen LogP contribution in [0.4, 0.5) is 4.39 Å². The van der Waals surface area contributed by atoms with E-state index in [9.17, 15) is 9.18 Å². The van der Waals surface area contributed by atoms with E-state index in [4.69, 9.17) is 0 Å². The Labute approximate surface area is 78.8 Å². The maximum atomic E-state index is 13.1. The van der Waals surface area contributed by atoms with Crippen LogP contribution in [0.1, 0.15) is 15.2 Å². The third-order valence-electron chi connectivity index (χ3n) is 2.00. The van der Waals surface area contributed by atoms with Crippen LogP contribution in [0.5, 0.6) is 0 Å². The monoisotopic (exact) mass is 194 g/mol. The lowest BCUT2D eigenvalue weighted by atomic mass is 10.2. The van der Waals surface area contributed by atoms with Crippen molar-refractivity contribution >= 4 is 27.7 Å². The van der Waals surface area contributed by atoms with Gasteiger partial charge < -0.3 is 0 Å². The number of hydrogen-bond acceptors (Lipinski definition) is 2. The zero-order chi connectivity index (χ0) is 9.42. The number of carbonyl (C=O) groups is 1. The van der Waals surface area contributed by atoms with Gasteiger partial charge >= 0.3 is 0 Å². The molecule has 0 N–H and O–H groups in total. The molecule has 0 aliphatic rings. The second-order valence-electron chi connectivity index (χ2n) is 2.86. The largest absolute Gasteiger partial charge is 0.297 e. The van der Waals surface area contributed by atoms with Crippen molar-refractivity contribution in [2.45, 2.75) is 6.92 Å². The Balaban J connectivity index is 2.83. The molecule has 3 heteroatoms. The summed E-state index contributed by atoms with van der Waals surface area (Å²) in [5.41, 5.74) is 0.621. The summed E-state index contributed by atoms with van der Waals surface area (Å²) in [7, 11) is 0. The van der Waals surface area contributed by atoms with E-state index in [0.29, 0.717) is 10.4 Å². The molecule has 0 radical (unpaired) electrons. The average Bonchev–Trinajstić information content (AvgIpc) is 2.55. The molecule has 0 aliphatic heterocycles. The Bertz CT molecular complexity index is 473. The summed E-state index contributed by atoms with van der Waals surface area (Å²) in [4.78, 5) is 11.1. The molecule has 0 fully saturated rings. The molecule has 0 aliphatic carbocycles. The van der Waals surface area contributed by atoms with E-state index in [0.717, 1.165) is 16.4 Å². The topological polar surface area (TPSA) is 17.1 Å². The van der Waals surface area contributed by atoms with Gasteiger partial charge in [0.05, 0.1) is 4.88 Å². The van der Waals surface area contributed by atoms with Gasteiger partial charge in [-0.05, 0) is 24.4 Å². The maximum absolute atomic E-state index is 13.1. The second-order valence-corrected chi connectivity index (χ2v) is 3.94. The predicted octanol–water partition coefficient (Wildman–Crippen LogP) is 3.16. The van der Waals surface area contributed by atoms with Crippen LogP contribution >= 0.6 is 11.3 Å². The number of aryl methyl sites for hydroxylation is 1. The Morgan fingerprint density at radius 3 is 2.92 bits per heavy atom. The van der Waals surface area contributed by atoms with Crippen molar-refractivity contribution in [3.8, 4) is 0 Å². The molecule has 2 aromatic rings. The van der Waals surface area contributed by atoms with E-state index in [2.05, 4.69) is 0 Å². The minimum atomic E-state index is -0.216. The molecule has 13 heavy (non-hydrogen) atoms. The Morgan fingerprint density at radius 2 is 2.23 bits per heavy atom. The Morgan fingerprint density at radius 1 is 1.46 bits per heavy atom. The summed E-state index contributed by atoms with van der Waals surface area (Å²) in [6.07, 6.45) is 0.794. The van der Waals surface area contributed by atoms with Gasteiger partial charge in [0.2, 0.25) is 0 Å². The number of benzene rings is 1. The SMILES string of the molecule is Cc1c(F)ccc2cc(C=O)sc12. The van der Waals surface area contributed by atoms with Crippen molar-refractivity contribution in [2.24, 2.45) is 0 Å². The predicted molar refractivity (Wildman–Crippen MR) is 51.9 cm³/mol. The Hall–Kier alpha value is -1.22. The first-order valence-corrected chi connectivity index (χ1v) is 4.68. The summed E-state index contributed by atoms with van der Waals surface area (Å²) in [5, 5.41) is 0.936. The highest BCUT2D eigenvalue weighted by Gasteiger charge is 2.06. The molecule has 0 saturated carbocycles. The number of aldehydes is 1. The van der Waals surface area contributed by atoms with Crippen molar-refractivity contribution < 1.29 is 9.18 Å². The van der Waals surface area contributed by atoms with Crippen LogP contribution in [0.15, 0.2) is 18.2 Å². The zero-order valence-corrected chi connectivity index (χ0v) is 7.82. The second kappa shape index (κ2) is 2.92. The van der Waals surface area contributed by atoms with Gasteiger partial charge in [-0.15, -0.1) is 11.3 Å². The van der Waals surface area contributed by atoms with E-state index in [1.54, 1.807) is 19.1 Å². The van der Waals surface area contributed by atoms with E-state index < -0.39 is 0 Å². The summed E-state index contributed by atoms with van der Waals surface area (Å²) in [6.45, 7) is 1.72. The van der Waals surface area contributed by atoms with Gasteiger partial charge in [0.15, 0.2) is 6.29 Å². The van der Waals surface area contributed by atoms with Gasteiger partial charge in [0.1, 0.15) is 5.82 Å². The number of thiophene rings is 1. The van der Waals surface area contributed by atoms with Gasteiger partial charge in [-0.3, -0.25) is 4.79 Å². The molecule has 1 aromatic heterocycles. The molecular weight excluding hydrogens is 187 g/mol. The molecule has 1 aromatic carbocycles. The van der Waals surface area contributed by atoms with Gasteiger partial charge in [-0.25, -0.2) is 4.39 Å². The lowest BCUT2D eigenvalue weighted by Crippen LogP contribution is -1.79. The number of halogens is 1. The highest BCUT2D eigenvalue weighted by atomic mass is 32.1. The summed E-state index contributed by atoms with van der Waals surface area (Å²) in [6, 6.07) is 4.90. The van der Waals surface area contributed by atoms with Crippen LogP contribution in [0.2, 0.25) is 0 Å². The fourth-order valence-corrected chi connectivity index (χ4v) is 2.26. The normalized spacial score (nSPS) is 10.6. The number of hydrogen-bond donors (Lipinski definition) is 0. The van der Waals surface area contributed by atoms with Crippen molar-refractivity contribution in [2.75, 3.05) is 0 Å². The molecule has 2 rings (SSSR count). The van der Waals surface area contributed by atoms with Crippen LogP contribution in [0, 0.1) is 12.7 Å². The zero-order valence-electron chi connectivity index (χ0n) is 7.00. The summed E-state index contributed by atoms with van der Waals surface area (Å²) in [5.74, 6) is -0.216. The summed E-state index contributed by atoms with van der Waals surface area (Å²) >= 11 is 1.33. The molecule has 0 saturated heterocycles.